The number of pyridine rings is 1. The van der Waals surface area contributed by atoms with Crippen molar-refractivity contribution in [2.75, 3.05) is 7.11 Å². The average molecular weight is 283 g/mol. The summed E-state index contributed by atoms with van der Waals surface area (Å²) in [4.78, 5) is 4.18. The molecule has 2 N–H and O–H groups in total. The van der Waals surface area contributed by atoms with E-state index in [1.54, 1.807) is 13.3 Å². The second-order valence-electron chi connectivity index (χ2n) is 4.98. The van der Waals surface area contributed by atoms with Crippen LogP contribution in [0.4, 0.5) is 0 Å². The molecule has 5 heteroatoms. The van der Waals surface area contributed by atoms with Gasteiger partial charge in [-0.15, -0.1) is 0 Å². The lowest BCUT2D eigenvalue weighted by Crippen LogP contribution is -2.34. The molecule has 0 unspecified atom stereocenters. The molecular weight excluding hydrogens is 264 g/mol. The summed E-state index contributed by atoms with van der Waals surface area (Å²) >= 11 is 0. The molecule has 0 spiro atoms. The lowest BCUT2D eigenvalue weighted by molar-refractivity contribution is -0.654. The first kappa shape index (κ1) is 13.6. The number of nitrogens with zero attached hydrogens (tertiary/aromatic N) is 3. The molecule has 0 amide bonds. The van der Waals surface area contributed by atoms with Crippen LogP contribution in [-0.2, 0) is 20.1 Å². The van der Waals surface area contributed by atoms with Crippen LogP contribution < -0.4 is 15.0 Å². The summed E-state index contributed by atoms with van der Waals surface area (Å²) < 4.78 is 9.69. The molecular formula is C16H19N4O+. The summed E-state index contributed by atoms with van der Waals surface area (Å²) in [5.74, 6) is 1.92. The van der Waals surface area contributed by atoms with Gasteiger partial charge >= 0.3 is 0 Å². The first-order chi connectivity index (χ1) is 10.2. The van der Waals surface area contributed by atoms with Crippen LogP contribution in [0.5, 0.6) is 5.75 Å². The molecule has 0 aliphatic heterocycles. The maximum absolute atomic E-state index is 5.95. The second kappa shape index (κ2) is 5.54. The lowest BCUT2D eigenvalue weighted by Gasteiger charge is -2.02. The van der Waals surface area contributed by atoms with E-state index in [1.165, 1.54) is 0 Å². The van der Waals surface area contributed by atoms with Crippen molar-refractivity contribution in [3.05, 3.63) is 54.1 Å². The Bertz CT molecular complexity index is 765. The van der Waals surface area contributed by atoms with E-state index in [0.29, 0.717) is 6.54 Å². The van der Waals surface area contributed by atoms with Crippen LogP contribution in [0.3, 0.4) is 0 Å². The maximum Gasteiger partial charge on any atom is 0.271 e. The molecule has 3 aromatic rings. The third-order valence-corrected chi connectivity index (χ3v) is 3.78. The van der Waals surface area contributed by atoms with Crippen LogP contribution in [0.2, 0.25) is 0 Å². The molecule has 21 heavy (non-hydrogen) atoms. The Balaban J connectivity index is 2.18. The molecule has 5 nitrogen and oxygen atoms in total. The molecule has 0 radical (unpaired) electrons. The van der Waals surface area contributed by atoms with Crippen LogP contribution in [0.25, 0.3) is 11.0 Å². The summed E-state index contributed by atoms with van der Waals surface area (Å²) in [5, 5.41) is 0. The number of aromatic nitrogens is 3. The highest BCUT2D eigenvalue weighted by atomic mass is 16.5. The van der Waals surface area contributed by atoms with Crippen LogP contribution >= 0.6 is 0 Å². The number of nitrogens with two attached hydrogens (primary N) is 1. The van der Waals surface area contributed by atoms with Crippen molar-refractivity contribution in [2.45, 2.75) is 13.1 Å². The number of rotatable bonds is 4. The van der Waals surface area contributed by atoms with Crippen LogP contribution in [0, 0.1) is 0 Å². The fraction of sp³-hybridized carbons (Fsp3) is 0.250. The van der Waals surface area contributed by atoms with Gasteiger partial charge < -0.3 is 10.5 Å². The summed E-state index contributed by atoms with van der Waals surface area (Å²) in [6, 6.07) is 10.1. The number of hydrogen-bond donors (Lipinski definition) is 1. The molecule has 1 aromatic carbocycles. The third kappa shape index (κ3) is 2.36. The zero-order chi connectivity index (χ0) is 14.8. The molecule has 0 saturated heterocycles. The smallest absolute Gasteiger partial charge is 0.271 e. The maximum atomic E-state index is 5.95. The van der Waals surface area contributed by atoms with Crippen molar-refractivity contribution < 1.29 is 9.30 Å². The first-order valence-electron chi connectivity index (χ1n) is 6.88. The van der Waals surface area contributed by atoms with Crippen molar-refractivity contribution in [3.8, 4) is 5.75 Å². The summed E-state index contributed by atoms with van der Waals surface area (Å²) in [5.41, 5.74) is 9.35. The number of ether oxygens (including phenoxy) is 1. The summed E-state index contributed by atoms with van der Waals surface area (Å²) in [6.07, 6.45) is 3.66. The molecule has 2 aromatic heterocycles. The van der Waals surface area contributed by atoms with Gasteiger partial charge in [-0.1, -0.05) is 6.07 Å². The molecule has 0 fully saturated rings. The lowest BCUT2D eigenvalue weighted by atomic mass is 10.2. The van der Waals surface area contributed by atoms with E-state index in [9.17, 15) is 0 Å². The Morgan fingerprint density at radius 3 is 2.86 bits per heavy atom. The molecule has 0 saturated carbocycles. The Hall–Kier alpha value is -2.40. The quantitative estimate of drug-likeness (QED) is 0.736. The molecule has 2 heterocycles. The Morgan fingerprint density at radius 2 is 2.19 bits per heavy atom. The van der Waals surface area contributed by atoms with Crippen molar-refractivity contribution in [2.24, 2.45) is 12.8 Å². The summed E-state index contributed by atoms with van der Waals surface area (Å²) in [6.45, 7) is 1.22. The first-order valence-corrected chi connectivity index (χ1v) is 6.88. The van der Waals surface area contributed by atoms with E-state index in [1.807, 2.05) is 31.4 Å². The van der Waals surface area contributed by atoms with Crippen molar-refractivity contribution in [1.82, 2.24) is 9.55 Å². The average Bonchev–Trinajstić information content (AvgIpc) is 2.80. The van der Waals surface area contributed by atoms with Gasteiger partial charge in [0, 0.05) is 24.0 Å². The number of aryl methyl sites for hydroxylation is 1. The van der Waals surface area contributed by atoms with E-state index in [4.69, 9.17) is 10.5 Å². The molecule has 0 aliphatic rings. The van der Waals surface area contributed by atoms with Gasteiger partial charge in [0.25, 0.3) is 5.82 Å². The zero-order valence-corrected chi connectivity index (χ0v) is 12.3. The number of imidazole rings is 1. The van der Waals surface area contributed by atoms with Gasteiger partial charge in [-0.05, 0) is 18.2 Å². The largest absolute Gasteiger partial charge is 0.497 e. The Kier molecular flexibility index (Phi) is 3.58. The van der Waals surface area contributed by atoms with Crippen LogP contribution in [0.15, 0.2) is 42.7 Å². The zero-order valence-electron chi connectivity index (χ0n) is 12.3. The van der Waals surface area contributed by atoms with Gasteiger partial charge in [0.15, 0.2) is 11.0 Å². The predicted molar refractivity (Wildman–Crippen MR) is 80.9 cm³/mol. The van der Waals surface area contributed by atoms with E-state index in [0.717, 1.165) is 34.7 Å². The van der Waals surface area contributed by atoms with Crippen LogP contribution in [0.1, 0.15) is 11.4 Å². The SMILES string of the molecule is COc1ccc2c(c1)n(Cc1cccnc1)c(CN)[n+]2C. The number of fused-ring (bicyclic) bond motifs is 1. The topological polar surface area (TPSA) is 57.0 Å². The third-order valence-electron chi connectivity index (χ3n) is 3.78. The second-order valence-corrected chi connectivity index (χ2v) is 4.98. The minimum absolute atomic E-state index is 0.480. The van der Waals surface area contributed by atoms with Crippen LogP contribution in [-0.4, -0.2) is 16.7 Å². The summed E-state index contributed by atoms with van der Waals surface area (Å²) in [7, 11) is 3.72. The van der Waals surface area contributed by atoms with Gasteiger partial charge in [0.2, 0.25) is 0 Å². The number of hydrogen-bond acceptors (Lipinski definition) is 3. The normalized spacial score (nSPS) is 11.0. The Labute approximate surface area is 123 Å². The van der Waals surface area contributed by atoms with Crippen molar-refractivity contribution in [1.29, 1.82) is 0 Å². The highest BCUT2D eigenvalue weighted by molar-refractivity contribution is 5.74. The van der Waals surface area contributed by atoms with Gasteiger partial charge in [0.1, 0.15) is 12.3 Å². The minimum Gasteiger partial charge on any atom is -0.497 e. The van der Waals surface area contributed by atoms with Gasteiger partial charge in [0.05, 0.1) is 20.7 Å². The van der Waals surface area contributed by atoms with E-state index >= 15 is 0 Å². The number of methoxy groups -OCH3 is 1. The van der Waals surface area contributed by atoms with Crippen molar-refractivity contribution >= 4 is 11.0 Å². The highest BCUT2D eigenvalue weighted by Gasteiger charge is 2.22. The van der Waals surface area contributed by atoms with Gasteiger partial charge in [-0.3, -0.25) is 4.98 Å². The van der Waals surface area contributed by atoms with E-state index in [2.05, 4.69) is 26.3 Å². The van der Waals surface area contributed by atoms with Gasteiger partial charge in [-0.25, -0.2) is 9.13 Å². The van der Waals surface area contributed by atoms with Gasteiger partial charge in [-0.2, -0.15) is 0 Å². The monoisotopic (exact) mass is 283 g/mol. The molecule has 3 rings (SSSR count). The fourth-order valence-electron chi connectivity index (χ4n) is 2.69. The van der Waals surface area contributed by atoms with Crippen molar-refractivity contribution in [3.63, 3.8) is 0 Å². The number of benzene rings is 1. The highest BCUT2D eigenvalue weighted by Crippen LogP contribution is 2.21. The Morgan fingerprint density at radius 1 is 1.33 bits per heavy atom. The molecule has 0 aliphatic carbocycles. The predicted octanol–water partition coefficient (Wildman–Crippen LogP) is 1.38. The molecule has 0 atom stereocenters. The van der Waals surface area contributed by atoms with E-state index < -0.39 is 0 Å². The van der Waals surface area contributed by atoms with E-state index in [-0.39, 0.29) is 0 Å². The minimum atomic E-state index is 0.480. The molecule has 108 valence electrons. The fourth-order valence-corrected chi connectivity index (χ4v) is 2.69. The standard InChI is InChI=1S/C16H19N4O/c1-19-14-6-5-13(21-2)8-15(14)20(16(19)9-17)11-12-4-3-7-18-10-12/h3-8,10H,9,11,17H2,1-2H3/q+1. The molecule has 0 bridgehead atoms.